The smallest absolute Gasteiger partial charge is 0.280 e. The lowest BCUT2D eigenvalue weighted by molar-refractivity contribution is -0.692. The summed E-state index contributed by atoms with van der Waals surface area (Å²) in [6, 6.07) is 12.8. The van der Waals surface area contributed by atoms with Gasteiger partial charge in [-0.25, -0.2) is 0 Å². The highest BCUT2D eigenvalue weighted by molar-refractivity contribution is 7.14. The number of anilines is 1. The van der Waals surface area contributed by atoms with Crippen LogP contribution in [0, 0.1) is 17.2 Å². The van der Waals surface area contributed by atoms with Crippen molar-refractivity contribution in [2.45, 2.75) is 46.1 Å². The molecule has 2 atom stereocenters. The highest BCUT2D eigenvalue weighted by atomic mass is 32.1. The molecule has 1 aromatic heterocycles. The first-order chi connectivity index (χ1) is 12.5. The van der Waals surface area contributed by atoms with Crippen LogP contribution in [0.2, 0.25) is 0 Å². The van der Waals surface area contributed by atoms with Crippen LogP contribution < -0.4 is 10.6 Å². The van der Waals surface area contributed by atoms with E-state index in [1.54, 1.807) is 6.07 Å². The van der Waals surface area contributed by atoms with Gasteiger partial charge in [-0.3, -0.25) is 4.79 Å². The average Bonchev–Trinajstić information content (AvgIpc) is 3.08. The molecule has 0 aliphatic carbocycles. The largest absolute Gasteiger partial charge is 0.332 e. The maximum Gasteiger partial charge on any atom is 0.280 e. The van der Waals surface area contributed by atoms with E-state index in [-0.39, 0.29) is 11.9 Å². The molecule has 1 amide bonds. The number of nitriles is 1. The summed E-state index contributed by atoms with van der Waals surface area (Å²) in [4.78, 5) is 12.3. The molecule has 138 valence electrons. The molecular weight excluding hydrogens is 342 g/mol. The number of thiophene rings is 1. The van der Waals surface area contributed by atoms with Crippen molar-refractivity contribution in [1.82, 2.24) is 0 Å². The van der Waals surface area contributed by atoms with E-state index in [9.17, 15) is 4.79 Å². The monoisotopic (exact) mass is 370 g/mol. The number of amides is 1. The van der Waals surface area contributed by atoms with Crippen LogP contribution in [0.25, 0.3) is 0 Å². The van der Waals surface area contributed by atoms with Gasteiger partial charge in [-0.05, 0) is 29.3 Å². The van der Waals surface area contributed by atoms with Gasteiger partial charge < -0.3 is 10.6 Å². The summed E-state index contributed by atoms with van der Waals surface area (Å²) in [6.07, 6.45) is 1.13. The topological polar surface area (TPSA) is 69.5 Å². The zero-order valence-corrected chi connectivity index (χ0v) is 16.8. The maximum atomic E-state index is 12.3. The Morgan fingerprint density at radius 1 is 1.19 bits per heavy atom. The highest BCUT2D eigenvalue weighted by Crippen LogP contribution is 2.23. The zero-order chi connectivity index (χ0) is 19.1. The quantitative estimate of drug-likeness (QED) is 0.736. The normalized spacial score (nSPS) is 13.2. The van der Waals surface area contributed by atoms with E-state index in [4.69, 9.17) is 5.26 Å². The predicted octanol–water partition coefficient (Wildman–Crippen LogP) is 4.03. The number of carbonyl (C=O) groups excluding carboxylic acids is 1. The molecule has 0 aliphatic rings. The number of benzene rings is 1. The summed E-state index contributed by atoms with van der Waals surface area (Å²) in [5.41, 5.74) is 3.12. The van der Waals surface area contributed by atoms with E-state index in [2.05, 4.69) is 68.7 Å². The van der Waals surface area contributed by atoms with Crippen LogP contribution in [0.15, 0.2) is 35.7 Å². The van der Waals surface area contributed by atoms with Crippen LogP contribution in [0.3, 0.4) is 0 Å². The Bertz CT molecular complexity index is 758. The molecule has 0 bridgehead atoms. The summed E-state index contributed by atoms with van der Waals surface area (Å²) >= 11 is 1.38. The van der Waals surface area contributed by atoms with Crippen molar-refractivity contribution in [2.75, 3.05) is 11.9 Å². The first kappa shape index (κ1) is 20.2. The number of quaternary nitrogens is 1. The third-order valence-electron chi connectivity index (χ3n) is 4.82. The van der Waals surface area contributed by atoms with Crippen molar-refractivity contribution < 1.29 is 10.1 Å². The second-order valence-electron chi connectivity index (χ2n) is 7.01. The summed E-state index contributed by atoms with van der Waals surface area (Å²) in [5.74, 6) is 0.899. The third-order valence-corrected chi connectivity index (χ3v) is 5.65. The number of nitrogens with two attached hydrogens (primary N) is 1. The molecule has 3 N–H and O–H groups in total. The highest BCUT2D eigenvalue weighted by Gasteiger charge is 2.21. The fourth-order valence-electron chi connectivity index (χ4n) is 2.98. The molecule has 0 unspecified atom stereocenters. The Labute approximate surface area is 160 Å². The van der Waals surface area contributed by atoms with Crippen LogP contribution in [0.4, 0.5) is 5.00 Å². The second-order valence-corrected chi connectivity index (χ2v) is 7.93. The van der Waals surface area contributed by atoms with E-state index < -0.39 is 0 Å². The van der Waals surface area contributed by atoms with Crippen molar-refractivity contribution in [3.8, 4) is 6.07 Å². The number of nitrogens with zero attached hydrogens (tertiary/aromatic N) is 1. The van der Waals surface area contributed by atoms with Gasteiger partial charge >= 0.3 is 0 Å². The Kier molecular flexibility index (Phi) is 7.38. The van der Waals surface area contributed by atoms with Gasteiger partial charge in [0, 0.05) is 11.5 Å². The zero-order valence-electron chi connectivity index (χ0n) is 16.0. The number of rotatable bonds is 8. The van der Waals surface area contributed by atoms with Crippen molar-refractivity contribution in [3.05, 3.63) is 52.4 Å². The van der Waals surface area contributed by atoms with Gasteiger partial charge in [-0.2, -0.15) is 5.26 Å². The summed E-state index contributed by atoms with van der Waals surface area (Å²) < 4.78 is 0. The fourth-order valence-corrected chi connectivity index (χ4v) is 3.74. The Morgan fingerprint density at radius 3 is 2.42 bits per heavy atom. The van der Waals surface area contributed by atoms with E-state index in [1.807, 2.05) is 5.38 Å². The van der Waals surface area contributed by atoms with Gasteiger partial charge in [0.05, 0.1) is 5.56 Å². The number of nitrogens with one attached hydrogen (secondary N) is 1. The summed E-state index contributed by atoms with van der Waals surface area (Å²) in [5, 5.41) is 16.4. The molecule has 0 radical (unpaired) electrons. The minimum Gasteiger partial charge on any atom is -0.332 e. The summed E-state index contributed by atoms with van der Waals surface area (Å²) in [7, 11) is 0. The predicted molar refractivity (Wildman–Crippen MR) is 107 cm³/mol. The van der Waals surface area contributed by atoms with Gasteiger partial charge in [0.1, 0.15) is 17.1 Å². The molecule has 0 fully saturated rings. The van der Waals surface area contributed by atoms with Crippen LogP contribution in [-0.2, 0) is 4.79 Å². The number of carbonyl (C=O) groups is 1. The molecule has 2 aromatic rings. The lowest BCUT2D eigenvalue weighted by atomic mass is 9.92. The fraction of sp³-hybridized carbons (Fsp3) is 0.429. The number of hydrogen-bond donors (Lipinski definition) is 2. The van der Waals surface area contributed by atoms with Gasteiger partial charge in [0.2, 0.25) is 0 Å². The molecule has 1 aromatic carbocycles. The van der Waals surface area contributed by atoms with Gasteiger partial charge in [0.25, 0.3) is 5.91 Å². The minimum absolute atomic E-state index is 0.0779. The van der Waals surface area contributed by atoms with Crippen molar-refractivity contribution in [3.63, 3.8) is 0 Å². The first-order valence-electron chi connectivity index (χ1n) is 9.16. The standard InChI is InChI=1S/C21H27N3OS/c1-5-15(4)16-6-8-17(9-7-16)20(14(2)3)23-13-19(25)24-21-18(12-22)10-11-26-21/h6-11,14-15,20,23H,5,13H2,1-4H3,(H,24,25)/p+1/t15-,20+/m1/s1. The first-order valence-corrected chi connectivity index (χ1v) is 10.0. The maximum absolute atomic E-state index is 12.3. The van der Waals surface area contributed by atoms with Gasteiger partial charge in [0.15, 0.2) is 6.54 Å². The average molecular weight is 371 g/mol. The van der Waals surface area contributed by atoms with Crippen molar-refractivity contribution in [1.29, 1.82) is 5.26 Å². The van der Waals surface area contributed by atoms with Gasteiger partial charge in [-0.15, -0.1) is 11.3 Å². The van der Waals surface area contributed by atoms with Crippen LogP contribution in [-0.4, -0.2) is 12.5 Å². The lowest BCUT2D eigenvalue weighted by Gasteiger charge is -2.20. The van der Waals surface area contributed by atoms with Crippen LogP contribution >= 0.6 is 11.3 Å². The van der Waals surface area contributed by atoms with Crippen LogP contribution in [0.1, 0.15) is 62.8 Å². The molecule has 5 heteroatoms. The lowest BCUT2D eigenvalue weighted by Crippen LogP contribution is -2.88. The Morgan fingerprint density at radius 2 is 1.85 bits per heavy atom. The SMILES string of the molecule is CC[C@@H](C)c1ccc([C@@H]([NH2+]CC(=O)Nc2sccc2C#N)C(C)C)cc1. The van der Waals surface area contributed by atoms with E-state index >= 15 is 0 Å². The molecule has 26 heavy (non-hydrogen) atoms. The Hall–Kier alpha value is -2.16. The molecule has 0 saturated carbocycles. The molecule has 0 spiro atoms. The molecular formula is C21H28N3OS+. The van der Waals surface area contributed by atoms with E-state index in [1.165, 1.54) is 22.5 Å². The third kappa shape index (κ3) is 5.17. The number of hydrogen-bond acceptors (Lipinski definition) is 3. The molecule has 0 aliphatic heterocycles. The molecule has 2 rings (SSSR count). The second kappa shape index (κ2) is 9.51. The molecule has 1 heterocycles. The van der Waals surface area contributed by atoms with Crippen LogP contribution in [0.5, 0.6) is 0 Å². The molecule has 4 nitrogen and oxygen atoms in total. The van der Waals surface area contributed by atoms with E-state index in [0.717, 1.165) is 6.42 Å². The summed E-state index contributed by atoms with van der Waals surface area (Å²) in [6.45, 7) is 9.13. The minimum atomic E-state index is -0.0779. The Balaban J connectivity index is 2.00. The van der Waals surface area contributed by atoms with Gasteiger partial charge in [-0.1, -0.05) is 52.0 Å². The van der Waals surface area contributed by atoms with Crippen molar-refractivity contribution >= 4 is 22.2 Å². The van der Waals surface area contributed by atoms with Crippen molar-refractivity contribution in [2.24, 2.45) is 5.92 Å². The van der Waals surface area contributed by atoms with E-state index in [0.29, 0.717) is 28.9 Å². The molecule has 0 saturated heterocycles.